The largest absolute Gasteiger partial charge is 0.497 e. The summed E-state index contributed by atoms with van der Waals surface area (Å²) in [4.78, 5) is 14.6. The van der Waals surface area contributed by atoms with Gasteiger partial charge >= 0.3 is 5.97 Å². The van der Waals surface area contributed by atoms with Crippen molar-refractivity contribution < 1.29 is 19.0 Å². The van der Waals surface area contributed by atoms with Gasteiger partial charge in [-0.05, 0) is 60.0 Å². The summed E-state index contributed by atoms with van der Waals surface area (Å²) in [6.07, 6.45) is -0.126. The number of methoxy groups -OCH3 is 1. The molecular formula is C18H16FNO3. The minimum absolute atomic E-state index is 0.126. The van der Waals surface area contributed by atoms with E-state index in [0.29, 0.717) is 17.0 Å². The van der Waals surface area contributed by atoms with Crippen LogP contribution in [0.3, 0.4) is 0 Å². The minimum Gasteiger partial charge on any atom is -0.497 e. The number of H-pyrrole nitrogens is 1. The number of carboxylic acids is 1. The number of nitrogens with one attached hydrogen (secondary N) is 1. The highest BCUT2D eigenvalue weighted by Gasteiger charge is 2.18. The van der Waals surface area contributed by atoms with Crippen molar-refractivity contribution >= 4 is 16.9 Å². The molecule has 2 N–H and O–H groups in total. The van der Waals surface area contributed by atoms with Crippen LogP contribution in [0.25, 0.3) is 22.2 Å². The lowest BCUT2D eigenvalue weighted by molar-refractivity contribution is -0.136. The highest BCUT2D eigenvalue weighted by molar-refractivity contribution is 5.96. The Balaban J connectivity index is 2.29. The zero-order valence-corrected chi connectivity index (χ0v) is 12.8. The average molecular weight is 313 g/mol. The first-order valence-electron chi connectivity index (χ1n) is 7.16. The molecule has 0 unspecified atom stereocenters. The summed E-state index contributed by atoms with van der Waals surface area (Å²) >= 11 is 0. The third kappa shape index (κ3) is 2.77. The van der Waals surface area contributed by atoms with E-state index in [2.05, 4.69) is 4.98 Å². The number of carboxylic acid groups (broad SMARTS) is 1. The maximum Gasteiger partial charge on any atom is 0.307 e. The summed E-state index contributed by atoms with van der Waals surface area (Å²) in [5.74, 6) is -0.580. The van der Waals surface area contributed by atoms with Crippen LogP contribution in [0.2, 0.25) is 0 Å². The lowest BCUT2D eigenvalue weighted by Crippen LogP contribution is -2.01. The SMILES string of the molecule is COc1cc(C)c2[nH]c(-c3ccc(F)cc3)c(CC(=O)O)c2c1. The van der Waals surface area contributed by atoms with E-state index < -0.39 is 5.97 Å². The van der Waals surface area contributed by atoms with Gasteiger partial charge in [0.05, 0.1) is 19.2 Å². The number of hydrogen-bond donors (Lipinski definition) is 2. The molecule has 0 aliphatic heterocycles. The number of benzene rings is 2. The molecule has 3 rings (SSSR count). The predicted molar refractivity (Wildman–Crippen MR) is 86.3 cm³/mol. The molecule has 0 aliphatic carbocycles. The van der Waals surface area contributed by atoms with Crippen LogP contribution in [0.4, 0.5) is 4.39 Å². The smallest absolute Gasteiger partial charge is 0.307 e. The maximum absolute atomic E-state index is 13.2. The number of aromatic amines is 1. The van der Waals surface area contributed by atoms with Gasteiger partial charge in [-0.3, -0.25) is 4.79 Å². The number of fused-ring (bicyclic) bond motifs is 1. The Morgan fingerprint density at radius 3 is 2.57 bits per heavy atom. The second kappa shape index (κ2) is 5.76. The number of aromatic nitrogens is 1. The number of halogens is 1. The third-order valence-electron chi connectivity index (χ3n) is 3.88. The van der Waals surface area contributed by atoms with Crippen LogP contribution in [0.15, 0.2) is 36.4 Å². The summed E-state index contributed by atoms with van der Waals surface area (Å²) in [6, 6.07) is 9.70. The number of ether oxygens (including phenoxy) is 1. The third-order valence-corrected chi connectivity index (χ3v) is 3.88. The van der Waals surface area contributed by atoms with E-state index in [-0.39, 0.29) is 12.2 Å². The van der Waals surface area contributed by atoms with Crippen molar-refractivity contribution in [3.05, 3.63) is 53.3 Å². The molecule has 0 atom stereocenters. The minimum atomic E-state index is -0.922. The second-order valence-corrected chi connectivity index (χ2v) is 5.42. The first-order chi connectivity index (χ1) is 11.0. The fourth-order valence-corrected chi connectivity index (χ4v) is 2.81. The predicted octanol–water partition coefficient (Wildman–Crippen LogP) is 3.92. The average Bonchev–Trinajstić information content (AvgIpc) is 2.86. The highest BCUT2D eigenvalue weighted by Crippen LogP contribution is 2.35. The molecule has 2 aromatic carbocycles. The molecule has 0 fully saturated rings. The van der Waals surface area contributed by atoms with Crippen LogP contribution in [0.1, 0.15) is 11.1 Å². The lowest BCUT2D eigenvalue weighted by Gasteiger charge is -2.04. The number of carbonyl (C=O) groups is 1. The van der Waals surface area contributed by atoms with Crippen LogP contribution in [-0.2, 0) is 11.2 Å². The second-order valence-electron chi connectivity index (χ2n) is 5.42. The van der Waals surface area contributed by atoms with E-state index in [1.165, 1.54) is 12.1 Å². The Morgan fingerprint density at radius 1 is 1.26 bits per heavy atom. The van der Waals surface area contributed by atoms with Crippen LogP contribution in [0, 0.1) is 12.7 Å². The van der Waals surface area contributed by atoms with Gasteiger partial charge in [0.1, 0.15) is 11.6 Å². The summed E-state index contributed by atoms with van der Waals surface area (Å²) in [5.41, 5.74) is 3.93. The summed E-state index contributed by atoms with van der Waals surface area (Å²) in [7, 11) is 1.57. The van der Waals surface area contributed by atoms with Crippen molar-refractivity contribution in [1.82, 2.24) is 4.98 Å². The van der Waals surface area contributed by atoms with Gasteiger partial charge in [-0.2, -0.15) is 0 Å². The zero-order chi connectivity index (χ0) is 16.6. The quantitative estimate of drug-likeness (QED) is 0.767. The van der Waals surface area contributed by atoms with Crippen molar-refractivity contribution in [2.45, 2.75) is 13.3 Å². The Hall–Kier alpha value is -2.82. The van der Waals surface area contributed by atoms with Crippen LogP contribution >= 0.6 is 0 Å². The molecular weight excluding hydrogens is 297 g/mol. The van der Waals surface area contributed by atoms with Crippen LogP contribution < -0.4 is 4.74 Å². The van der Waals surface area contributed by atoms with Crippen LogP contribution in [0.5, 0.6) is 5.75 Å². The normalized spacial score (nSPS) is 10.9. The molecule has 0 saturated carbocycles. The summed E-state index contributed by atoms with van der Waals surface area (Å²) < 4.78 is 18.4. The molecule has 0 spiro atoms. The van der Waals surface area contributed by atoms with E-state index in [1.54, 1.807) is 19.2 Å². The standard InChI is InChI=1S/C18H16FNO3/c1-10-7-13(23-2)8-14-15(9-16(21)22)18(20-17(10)14)11-3-5-12(19)6-4-11/h3-8,20H,9H2,1-2H3,(H,21,22). The molecule has 0 radical (unpaired) electrons. The molecule has 3 aromatic rings. The first-order valence-corrected chi connectivity index (χ1v) is 7.16. The van der Waals surface area contributed by atoms with Gasteiger partial charge in [0.25, 0.3) is 0 Å². The molecule has 0 aliphatic rings. The highest BCUT2D eigenvalue weighted by atomic mass is 19.1. The summed E-state index contributed by atoms with van der Waals surface area (Å²) in [6.45, 7) is 1.93. The van der Waals surface area contributed by atoms with Gasteiger partial charge in [0.15, 0.2) is 0 Å². The Kier molecular flexibility index (Phi) is 3.78. The van der Waals surface area contributed by atoms with Crippen molar-refractivity contribution in [3.63, 3.8) is 0 Å². The van der Waals surface area contributed by atoms with E-state index >= 15 is 0 Å². The van der Waals surface area contributed by atoms with Gasteiger partial charge in [-0.15, -0.1) is 0 Å². The van der Waals surface area contributed by atoms with Crippen molar-refractivity contribution in [1.29, 1.82) is 0 Å². The van der Waals surface area contributed by atoms with E-state index in [9.17, 15) is 14.3 Å². The molecule has 0 saturated heterocycles. The molecule has 1 heterocycles. The fourth-order valence-electron chi connectivity index (χ4n) is 2.81. The fraction of sp³-hybridized carbons (Fsp3) is 0.167. The zero-order valence-electron chi connectivity index (χ0n) is 12.8. The van der Waals surface area contributed by atoms with Gasteiger partial charge in [0.2, 0.25) is 0 Å². The number of rotatable bonds is 4. The van der Waals surface area contributed by atoms with Gasteiger partial charge in [-0.25, -0.2) is 4.39 Å². The maximum atomic E-state index is 13.2. The van der Waals surface area contributed by atoms with Gasteiger partial charge in [0, 0.05) is 10.9 Å². The number of aliphatic carboxylic acids is 1. The van der Waals surface area contributed by atoms with E-state index in [1.807, 2.05) is 19.1 Å². The number of aryl methyl sites for hydroxylation is 1. The number of hydrogen-bond acceptors (Lipinski definition) is 2. The molecule has 1 aromatic heterocycles. The monoisotopic (exact) mass is 313 g/mol. The topological polar surface area (TPSA) is 62.3 Å². The Bertz CT molecular complexity index is 881. The molecule has 118 valence electrons. The molecule has 0 amide bonds. The van der Waals surface area contributed by atoms with Crippen molar-refractivity contribution in [3.8, 4) is 17.0 Å². The molecule has 0 bridgehead atoms. The Morgan fingerprint density at radius 2 is 1.96 bits per heavy atom. The van der Waals surface area contributed by atoms with Crippen molar-refractivity contribution in [2.75, 3.05) is 7.11 Å². The van der Waals surface area contributed by atoms with Gasteiger partial charge < -0.3 is 14.8 Å². The van der Waals surface area contributed by atoms with Crippen molar-refractivity contribution in [2.24, 2.45) is 0 Å². The van der Waals surface area contributed by atoms with Crippen LogP contribution in [-0.4, -0.2) is 23.2 Å². The summed E-state index contributed by atoms with van der Waals surface area (Å²) in [5, 5.41) is 10.1. The molecule has 23 heavy (non-hydrogen) atoms. The van der Waals surface area contributed by atoms with E-state index in [4.69, 9.17) is 4.74 Å². The lowest BCUT2D eigenvalue weighted by atomic mass is 10.0. The molecule has 4 nitrogen and oxygen atoms in total. The Labute approximate surface area is 132 Å². The molecule has 5 heteroatoms. The first kappa shape index (κ1) is 15.1. The van der Waals surface area contributed by atoms with E-state index in [0.717, 1.165) is 22.0 Å². The van der Waals surface area contributed by atoms with Gasteiger partial charge in [-0.1, -0.05) is 0 Å².